The molecule has 5 aromatic rings. The molecule has 0 spiro atoms. The predicted molar refractivity (Wildman–Crippen MR) is 143 cm³/mol. The molecule has 0 saturated heterocycles. The zero-order valence-corrected chi connectivity index (χ0v) is 21.1. The van der Waals surface area contributed by atoms with Crippen LogP contribution >= 0.6 is 23.2 Å². The summed E-state index contributed by atoms with van der Waals surface area (Å²) in [6.07, 6.45) is 0. The van der Waals surface area contributed by atoms with Crippen LogP contribution in [-0.4, -0.2) is 30.0 Å². The van der Waals surface area contributed by atoms with Gasteiger partial charge in [0.1, 0.15) is 0 Å². The standard InChI is InChI=1S/C25H17Cl2N5O4S/c26-19-2-1-3-20(27)21(19)25(34)30-14-6-4-13-5-11-17-22(24(28)33)31-32(23(17)18(13)12-14)15-7-9-16(10-8-15)37(29,35)36/h1-12H,(H2,28,33)(H,30,34)(H2,29,35,36). The van der Waals surface area contributed by atoms with Gasteiger partial charge in [-0.3, -0.25) is 9.59 Å². The summed E-state index contributed by atoms with van der Waals surface area (Å²) in [6, 6.07) is 19.2. The van der Waals surface area contributed by atoms with Gasteiger partial charge in [0.15, 0.2) is 5.69 Å². The molecule has 0 aliphatic heterocycles. The molecule has 0 aliphatic carbocycles. The Morgan fingerprint density at radius 3 is 2.16 bits per heavy atom. The van der Waals surface area contributed by atoms with E-state index in [1.54, 1.807) is 48.5 Å². The Labute approximate surface area is 220 Å². The predicted octanol–water partition coefficient (Wildman–Crippen LogP) is 4.48. The molecule has 186 valence electrons. The van der Waals surface area contributed by atoms with Crippen LogP contribution in [0.3, 0.4) is 0 Å². The van der Waals surface area contributed by atoms with Gasteiger partial charge in [0, 0.05) is 16.5 Å². The molecule has 0 atom stereocenters. The quantitative estimate of drug-likeness (QED) is 0.293. The van der Waals surface area contributed by atoms with Crippen LogP contribution in [0, 0.1) is 0 Å². The summed E-state index contributed by atoms with van der Waals surface area (Å²) >= 11 is 12.4. The molecular weight excluding hydrogens is 537 g/mol. The van der Waals surface area contributed by atoms with Crippen molar-refractivity contribution < 1.29 is 18.0 Å². The third kappa shape index (κ3) is 4.51. The van der Waals surface area contributed by atoms with Gasteiger partial charge in [-0.2, -0.15) is 5.10 Å². The first-order valence-corrected chi connectivity index (χ1v) is 13.0. The second kappa shape index (κ2) is 9.16. The molecule has 0 bridgehead atoms. The molecule has 0 radical (unpaired) electrons. The fourth-order valence-electron chi connectivity index (χ4n) is 4.06. The van der Waals surface area contributed by atoms with Crippen LogP contribution in [-0.2, 0) is 10.0 Å². The number of aromatic nitrogens is 2. The molecule has 1 aromatic heterocycles. The molecule has 37 heavy (non-hydrogen) atoms. The molecule has 1 heterocycles. The number of nitrogens with two attached hydrogens (primary N) is 2. The van der Waals surface area contributed by atoms with E-state index in [1.807, 2.05) is 0 Å². The maximum atomic E-state index is 12.9. The molecule has 0 unspecified atom stereocenters. The van der Waals surface area contributed by atoms with Crippen molar-refractivity contribution in [3.05, 3.63) is 94.1 Å². The van der Waals surface area contributed by atoms with Crippen LogP contribution < -0.4 is 16.2 Å². The first-order chi connectivity index (χ1) is 17.5. The summed E-state index contributed by atoms with van der Waals surface area (Å²) in [5, 5.41) is 14.7. The van der Waals surface area contributed by atoms with E-state index in [-0.39, 0.29) is 26.2 Å². The minimum Gasteiger partial charge on any atom is -0.364 e. The van der Waals surface area contributed by atoms with Crippen molar-refractivity contribution in [2.24, 2.45) is 10.9 Å². The average molecular weight is 554 g/mol. The largest absolute Gasteiger partial charge is 0.364 e. The Morgan fingerprint density at radius 1 is 0.892 bits per heavy atom. The monoisotopic (exact) mass is 553 g/mol. The van der Waals surface area contributed by atoms with Gasteiger partial charge in [0.05, 0.1) is 31.7 Å². The number of carbonyl (C=O) groups excluding carboxylic acids is 2. The topological polar surface area (TPSA) is 150 Å². The number of carbonyl (C=O) groups is 2. The minimum absolute atomic E-state index is 0.0321. The van der Waals surface area contributed by atoms with Gasteiger partial charge in [0.2, 0.25) is 10.0 Å². The van der Waals surface area contributed by atoms with Gasteiger partial charge in [-0.15, -0.1) is 0 Å². The summed E-state index contributed by atoms with van der Waals surface area (Å²) in [6.45, 7) is 0. The number of amides is 2. The summed E-state index contributed by atoms with van der Waals surface area (Å²) in [4.78, 5) is 25.0. The van der Waals surface area contributed by atoms with Crippen molar-refractivity contribution in [1.29, 1.82) is 0 Å². The number of fused-ring (bicyclic) bond motifs is 3. The normalized spacial score (nSPS) is 11.6. The second-order valence-electron chi connectivity index (χ2n) is 8.11. The number of primary amides is 1. The van der Waals surface area contributed by atoms with Crippen LogP contribution in [0.15, 0.2) is 77.7 Å². The highest BCUT2D eigenvalue weighted by molar-refractivity contribution is 7.89. The molecular formula is C25H17Cl2N5O4S. The van der Waals surface area contributed by atoms with Crippen LogP contribution in [0.2, 0.25) is 10.0 Å². The molecule has 9 nitrogen and oxygen atoms in total. The van der Waals surface area contributed by atoms with Gasteiger partial charge in [0.25, 0.3) is 11.8 Å². The Kier molecular flexibility index (Phi) is 6.12. The highest BCUT2D eigenvalue weighted by atomic mass is 35.5. The maximum absolute atomic E-state index is 12.9. The van der Waals surface area contributed by atoms with E-state index in [2.05, 4.69) is 10.4 Å². The number of hydrogen-bond acceptors (Lipinski definition) is 5. The summed E-state index contributed by atoms with van der Waals surface area (Å²) in [5.74, 6) is -1.23. The number of benzene rings is 4. The van der Waals surface area contributed by atoms with Gasteiger partial charge in [-0.05, 0) is 60.0 Å². The SMILES string of the molecule is NC(=O)c1nn(-c2ccc(S(N)(=O)=O)cc2)c2c1ccc1ccc(NC(=O)c3c(Cl)cccc3Cl)cc12. The lowest BCUT2D eigenvalue weighted by molar-refractivity contribution is 0.0994. The minimum atomic E-state index is -3.90. The van der Waals surface area contributed by atoms with E-state index in [1.165, 1.54) is 28.9 Å². The number of halogens is 2. The zero-order chi connectivity index (χ0) is 26.5. The third-order valence-electron chi connectivity index (χ3n) is 5.75. The molecule has 0 saturated carbocycles. The molecule has 5 N–H and O–H groups in total. The molecule has 0 fully saturated rings. The number of rotatable bonds is 5. The van der Waals surface area contributed by atoms with Crippen LogP contribution in [0.4, 0.5) is 5.69 Å². The molecule has 12 heteroatoms. The lowest BCUT2D eigenvalue weighted by atomic mass is 10.0. The number of sulfonamides is 1. The van der Waals surface area contributed by atoms with Crippen molar-refractivity contribution in [2.75, 3.05) is 5.32 Å². The van der Waals surface area contributed by atoms with Crippen molar-refractivity contribution in [2.45, 2.75) is 4.90 Å². The Bertz CT molecular complexity index is 1830. The van der Waals surface area contributed by atoms with E-state index >= 15 is 0 Å². The fourth-order valence-corrected chi connectivity index (χ4v) is 5.14. The van der Waals surface area contributed by atoms with E-state index in [9.17, 15) is 18.0 Å². The summed E-state index contributed by atoms with van der Waals surface area (Å²) < 4.78 is 24.8. The summed E-state index contributed by atoms with van der Waals surface area (Å²) in [5.41, 5.74) is 7.20. The maximum Gasteiger partial charge on any atom is 0.269 e. The van der Waals surface area contributed by atoms with Crippen molar-refractivity contribution in [1.82, 2.24) is 9.78 Å². The Hall–Kier alpha value is -3.96. The van der Waals surface area contributed by atoms with Gasteiger partial charge in [-0.25, -0.2) is 18.2 Å². The number of primary sulfonamides is 1. The molecule has 2 amide bonds. The van der Waals surface area contributed by atoms with Crippen LogP contribution in [0.25, 0.3) is 27.4 Å². The number of anilines is 1. The Morgan fingerprint density at radius 2 is 1.54 bits per heavy atom. The number of nitrogens with one attached hydrogen (secondary N) is 1. The number of nitrogens with zero attached hydrogens (tertiary/aromatic N) is 2. The lowest BCUT2D eigenvalue weighted by Gasteiger charge is -2.11. The van der Waals surface area contributed by atoms with Crippen LogP contribution in [0.5, 0.6) is 0 Å². The van der Waals surface area contributed by atoms with Crippen molar-refractivity contribution in [3.8, 4) is 5.69 Å². The van der Waals surface area contributed by atoms with E-state index in [0.29, 0.717) is 27.7 Å². The Balaban J connectivity index is 1.68. The smallest absolute Gasteiger partial charge is 0.269 e. The summed E-state index contributed by atoms with van der Waals surface area (Å²) in [7, 11) is -3.90. The highest BCUT2D eigenvalue weighted by Gasteiger charge is 2.20. The first-order valence-electron chi connectivity index (χ1n) is 10.7. The van der Waals surface area contributed by atoms with Gasteiger partial charge >= 0.3 is 0 Å². The number of hydrogen-bond donors (Lipinski definition) is 3. The molecule has 4 aromatic carbocycles. The average Bonchev–Trinajstić information content (AvgIpc) is 3.24. The van der Waals surface area contributed by atoms with E-state index < -0.39 is 21.8 Å². The fraction of sp³-hybridized carbons (Fsp3) is 0. The zero-order valence-electron chi connectivity index (χ0n) is 18.8. The van der Waals surface area contributed by atoms with Gasteiger partial charge < -0.3 is 11.1 Å². The third-order valence-corrected chi connectivity index (χ3v) is 7.31. The van der Waals surface area contributed by atoms with Gasteiger partial charge in [-0.1, -0.05) is 41.4 Å². The second-order valence-corrected chi connectivity index (χ2v) is 10.5. The lowest BCUT2D eigenvalue weighted by Crippen LogP contribution is -2.13. The van der Waals surface area contributed by atoms with E-state index in [0.717, 1.165) is 5.39 Å². The van der Waals surface area contributed by atoms with Crippen LogP contribution in [0.1, 0.15) is 20.8 Å². The highest BCUT2D eigenvalue weighted by Crippen LogP contribution is 2.32. The molecule has 5 rings (SSSR count). The van der Waals surface area contributed by atoms with Crippen molar-refractivity contribution in [3.63, 3.8) is 0 Å². The van der Waals surface area contributed by atoms with Crippen molar-refractivity contribution >= 4 is 72.4 Å². The van der Waals surface area contributed by atoms with E-state index in [4.69, 9.17) is 34.1 Å². The first kappa shape index (κ1) is 24.7. The molecule has 0 aliphatic rings.